The molecule has 1 amide bonds. The van der Waals surface area contributed by atoms with Gasteiger partial charge in [-0.25, -0.2) is 8.78 Å². The van der Waals surface area contributed by atoms with Gasteiger partial charge in [0.25, 0.3) is 5.95 Å². The first-order chi connectivity index (χ1) is 8.47. The number of halogens is 3. The molecule has 1 fully saturated rings. The van der Waals surface area contributed by atoms with E-state index in [9.17, 15) is 18.0 Å². The molecule has 1 aromatic rings. The molecule has 1 aromatic heterocycles. The summed E-state index contributed by atoms with van der Waals surface area (Å²) in [5, 5.41) is 2.68. The fourth-order valence-corrected chi connectivity index (χ4v) is 1.87. The number of pyridine rings is 1. The molecule has 1 atom stereocenters. The predicted molar refractivity (Wildman–Crippen MR) is 58.4 cm³/mol. The minimum Gasteiger partial charge on any atom is -0.363 e. The maximum atomic E-state index is 13.3. The standard InChI is InChI=1S/C11H12F3N3O/c1-17-5-6(2-3-9(17)18)15-11-8(13)4-7(12)10(14)16-11/h4,6H,2-3,5H2,1H3,(H,15,16). The van der Waals surface area contributed by atoms with Gasteiger partial charge < -0.3 is 10.2 Å². The molecule has 0 saturated carbocycles. The third-order valence-electron chi connectivity index (χ3n) is 2.85. The summed E-state index contributed by atoms with van der Waals surface area (Å²) in [5.41, 5.74) is 0. The van der Waals surface area contributed by atoms with Gasteiger partial charge in [-0.15, -0.1) is 0 Å². The zero-order valence-electron chi connectivity index (χ0n) is 9.71. The Morgan fingerprint density at radius 3 is 2.78 bits per heavy atom. The van der Waals surface area contributed by atoms with Crippen LogP contribution in [-0.2, 0) is 4.79 Å². The molecule has 1 aliphatic rings. The van der Waals surface area contributed by atoms with E-state index in [-0.39, 0.29) is 17.8 Å². The van der Waals surface area contributed by atoms with Crippen molar-refractivity contribution in [3.05, 3.63) is 23.6 Å². The van der Waals surface area contributed by atoms with Crippen LogP contribution in [0.3, 0.4) is 0 Å². The van der Waals surface area contributed by atoms with Crippen LogP contribution in [0.2, 0.25) is 0 Å². The second-order valence-electron chi connectivity index (χ2n) is 4.25. The lowest BCUT2D eigenvalue weighted by atomic mass is 10.1. The van der Waals surface area contributed by atoms with Crippen molar-refractivity contribution < 1.29 is 18.0 Å². The van der Waals surface area contributed by atoms with Gasteiger partial charge in [-0.2, -0.15) is 9.37 Å². The molecule has 98 valence electrons. The van der Waals surface area contributed by atoms with E-state index in [2.05, 4.69) is 10.3 Å². The smallest absolute Gasteiger partial charge is 0.251 e. The largest absolute Gasteiger partial charge is 0.363 e. The summed E-state index contributed by atoms with van der Waals surface area (Å²) in [5.74, 6) is -3.95. The van der Waals surface area contributed by atoms with Gasteiger partial charge >= 0.3 is 0 Å². The Bertz CT molecular complexity index is 481. The number of amides is 1. The topological polar surface area (TPSA) is 45.2 Å². The third-order valence-corrected chi connectivity index (χ3v) is 2.85. The van der Waals surface area contributed by atoms with Crippen molar-refractivity contribution in [2.75, 3.05) is 18.9 Å². The fourth-order valence-electron chi connectivity index (χ4n) is 1.87. The van der Waals surface area contributed by atoms with Crippen molar-refractivity contribution in [1.29, 1.82) is 0 Å². The summed E-state index contributed by atoms with van der Waals surface area (Å²) in [6.07, 6.45) is 0.836. The first kappa shape index (κ1) is 12.7. The summed E-state index contributed by atoms with van der Waals surface area (Å²) in [6.45, 7) is 0.374. The number of hydrogen-bond donors (Lipinski definition) is 1. The highest BCUT2D eigenvalue weighted by atomic mass is 19.2. The number of anilines is 1. The van der Waals surface area contributed by atoms with E-state index < -0.39 is 17.6 Å². The highest BCUT2D eigenvalue weighted by molar-refractivity contribution is 5.77. The van der Waals surface area contributed by atoms with Gasteiger partial charge in [0, 0.05) is 32.1 Å². The molecule has 0 aliphatic carbocycles. The number of nitrogens with one attached hydrogen (secondary N) is 1. The maximum Gasteiger partial charge on any atom is 0.251 e. The lowest BCUT2D eigenvalue weighted by molar-refractivity contribution is -0.132. The molecule has 2 rings (SSSR count). The SMILES string of the molecule is CN1CC(Nc2nc(F)c(F)cc2F)CCC1=O. The van der Waals surface area contributed by atoms with Gasteiger partial charge in [0.1, 0.15) is 0 Å². The molecule has 1 aliphatic heterocycles. The molecule has 0 aromatic carbocycles. The Kier molecular flexibility index (Phi) is 3.40. The van der Waals surface area contributed by atoms with Crippen LogP contribution in [0.4, 0.5) is 19.0 Å². The maximum absolute atomic E-state index is 13.3. The summed E-state index contributed by atoms with van der Waals surface area (Å²) in [6, 6.07) is 0.224. The van der Waals surface area contributed by atoms with Crippen LogP contribution in [0.15, 0.2) is 6.07 Å². The molecule has 18 heavy (non-hydrogen) atoms. The fraction of sp³-hybridized carbons (Fsp3) is 0.455. The Morgan fingerprint density at radius 1 is 1.39 bits per heavy atom. The van der Waals surface area contributed by atoms with Gasteiger partial charge in [-0.1, -0.05) is 0 Å². The number of rotatable bonds is 2. The average Bonchev–Trinajstić information content (AvgIpc) is 2.31. The molecule has 4 nitrogen and oxygen atoms in total. The van der Waals surface area contributed by atoms with Gasteiger partial charge in [0.15, 0.2) is 17.5 Å². The number of nitrogens with zero attached hydrogens (tertiary/aromatic N) is 2. The minimum absolute atomic E-state index is 0.00627. The monoisotopic (exact) mass is 259 g/mol. The number of aromatic nitrogens is 1. The number of carbonyl (C=O) groups is 1. The van der Waals surface area contributed by atoms with Gasteiger partial charge in [0.2, 0.25) is 5.91 Å². The van der Waals surface area contributed by atoms with Crippen LogP contribution in [0.1, 0.15) is 12.8 Å². The van der Waals surface area contributed by atoms with E-state index in [0.29, 0.717) is 25.5 Å². The molecule has 2 heterocycles. The Labute approximate surface area is 102 Å². The van der Waals surface area contributed by atoms with E-state index in [1.807, 2.05) is 0 Å². The van der Waals surface area contributed by atoms with E-state index in [1.54, 1.807) is 7.05 Å². The number of likely N-dealkylation sites (N-methyl/N-ethyl adjacent to an activating group) is 1. The molecule has 0 spiro atoms. The van der Waals surface area contributed by atoms with Crippen LogP contribution in [0.5, 0.6) is 0 Å². The summed E-state index contributed by atoms with van der Waals surface area (Å²) in [7, 11) is 1.63. The lowest BCUT2D eigenvalue weighted by Crippen LogP contribution is -2.43. The molecule has 1 unspecified atom stereocenters. The van der Waals surface area contributed by atoms with E-state index in [1.165, 1.54) is 4.90 Å². The first-order valence-electron chi connectivity index (χ1n) is 5.49. The predicted octanol–water partition coefficient (Wildman–Crippen LogP) is 1.53. The number of piperidine rings is 1. The highest BCUT2D eigenvalue weighted by Crippen LogP contribution is 2.18. The van der Waals surface area contributed by atoms with Gasteiger partial charge in [-0.3, -0.25) is 4.79 Å². The minimum atomic E-state index is -1.35. The second kappa shape index (κ2) is 4.83. The molecule has 0 radical (unpaired) electrons. The molecular formula is C11H12F3N3O. The molecular weight excluding hydrogens is 247 g/mol. The van der Waals surface area contributed by atoms with Crippen LogP contribution in [-0.4, -0.2) is 35.4 Å². The number of carbonyl (C=O) groups excluding carboxylic acids is 1. The molecule has 1 N–H and O–H groups in total. The lowest BCUT2D eigenvalue weighted by Gasteiger charge is -2.30. The zero-order valence-corrected chi connectivity index (χ0v) is 9.71. The van der Waals surface area contributed by atoms with E-state index in [0.717, 1.165) is 0 Å². The summed E-state index contributed by atoms with van der Waals surface area (Å²) < 4.78 is 38.9. The molecule has 0 bridgehead atoms. The summed E-state index contributed by atoms with van der Waals surface area (Å²) in [4.78, 5) is 15.9. The van der Waals surface area contributed by atoms with Crippen LogP contribution in [0.25, 0.3) is 0 Å². The molecule has 7 heteroatoms. The van der Waals surface area contributed by atoms with E-state index >= 15 is 0 Å². The van der Waals surface area contributed by atoms with Gasteiger partial charge in [0.05, 0.1) is 0 Å². The van der Waals surface area contributed by atoms with Crippen LogP contribution < -0.4 is 5.32 Å². The number of likely N-dealkylation sites (tertiary alicyclic amines) is 1. The van der Waals surface area contributed by atoms with Crippen molar-refractivity contribution in [2.45, 2.75) is 18.9 Å². The Balaban J connectivity index is 2.10. The van der Waals surface area contributed by atoms with Crippen LogP contribution in [0, 0.1) is 17.6 Å². The van der Waals surface area contributed by atoms with Crippen molar-refractivity contribution in [1.82, 2.24) is 9.88 Å². The highest BCUT2D eigenvalue weighted by Gasteiger charge is 2.24. The second-order valence-corrected chi connectivity index (χ2v) is 4.25. The van der Waals surface area contributed by atoms with Crippen LogP contribution >= 0.6 is 0 Å². The Hall–Kier alpha value is -1.79. The number of hydrogen-bond acceptors (Lipinski definition) is 3. The third kappa shape index (κ3) is 2.55. The van der Waals surface area contributed by atoms with Crippen molar-refractivity contribution >= 4 is 11.7 Å². The first-order valence-corrected chi connectivity index (χ1v) is 5.49. The average molecular weight is 259 g/mol. The summed E-state index contributed by atoms with van der Waals surface area (Å²) >= 11 is 0. The van der Waals surface area contributed by atoms with Gasteiger partial charge in [-0.05, 0) is 6.42 Å². The van der Waals surface area contributed by atoms with E-state index in [4.69, 9.17) is 0 Å². The van der Waals surface area contributed by atoms with Crippen molar-refractivity contribution in [2.24, 2.45) is 0 Å². The quantitative estimate of drug-likeness (QED) is 0.819. The van der Waals surface area contributed by atoms with Crippen molar-refractivity contribution in [3.8, 4) is 0 Å². The zero-order chi connectivity index (χ0) is 13.3. The normalized spacial score (nSPS) is 20.1. The Morgan fingerprint density at radius 2 is 2.11 bits per heavy atom. The molecule has 1 saturated heterocycles. The van der Waals surface area contributed by atoms with Crippen molar-refractivity contribution in [3.63, 3.8) is 0 Å².